The predicted molar refractivity (Wildman–Crippen MR) is 117 cm³/mol. The largest absolute Gasteiger partial charge is 0.447 e. The Morgan fingerprint density at radius 2 is 1.76 bits per heavy atom. The Bertz CT molecular complexity index is 809. The van der Waals surface area contributed by atoms with Crippen LogP contribution in [0.15, 0.2) is 47.1 Å². The van der Waals surface area contributed by atoms with Crippen molar-refractivity contribution in [3.05, 3.63) is 59.8 Å². The van der Waals surface area contributed by atoms with Crippen molar-refractivity contribution in [2.24, 2.45) is 0 Å². The second kappa shape index (κ2) is 10.1. The average molecular weight is 413 g/mol. The van der Waals surface area contributed by atoms with Crippen LogP contribution >= 0.6 is 11.8 Å². The Balaban J connectivity index is 1.21. The van der Waals surface area contributed by atoms with Crippen LogP contribution in [0.5, 0.6) is 0 Å². The molecule has 0 spiro atoms. The molecule has 3 heterocycles. The van der Waals surface area contributed by atoms with Gasteiger partial charge in [0.05, 0.1) is 6.54 Å². The third kappa shape index (κ3) is 5.72. The number of hydrogen-bond donors (Lipinski definition) is 0. The maximum absolute atomic E-state index is 12.5. The number of rotatable bonds is 6. The molecule has 7 heteroatoms. The van der Waals surface area contributed by atoms with E-state index in [0.717, 1.165) is 57.3 Å². The molecule has 0 aliphatic carbocycles. The highest BCUT2D eigenvalue weighted by Crippen LogP contribution is 2.14. The number of carbonyl (C=O) groups excluding carboxylic acids is 1. The van der Waals surface area contributed by atoms with E-state index in [4.69, 9.17) is 4.42 Å². The van der Waals surface area contributed by atoms with Crippen LogP contribution < -0.4 is 0 Å². The van der Waals surface area contributed by atoms with Gasteiger partial charge in [-0.05, 0) is 5.56 Å². The van der Waals surface area contributed by atoms with Crippen molar-refractivity contribution in [1.82, 2.24) is 19.7 Å². The smallest absolute Gasteiger partial charge is 0.275 e. The Morgan fingerprint density at radius 3 is 2.52 bits per heavy atom. The molecule has 0 atom stereocenters. The highest BCUT2D eigenvalue weighted by atomic mass is 32.2. The van der Waals surface area contributed by atoms with Gasteiger partial charge in [0.15, 0.2) is 5.69 Å². The lowest BCUT2D eigenvalue weighted by molar-refractivity contribution is 0.0766. The molecule has 2 aliphatic heterocycles. The third-order valence-corrected chi connectivity index (χ3v) is 6.31. The zero-order valence-electron chi connectivity index (χ0n) is 16.7. The molecule has 0 unspecified atom stereocenters. The summed E-state index contributed by atoms with van der Waals surface area (Å²) in [5, 5.41) is 0. The lowest BCUT2D eigenvalue weighted by Gasteiger charge is -2.33. The normalized spacial score (nSPS) is 19.1. The van der Waals surface area contributed by atoms with Crippen molar-refractivity contribution in [3.8, 4) is 0 Å². The molecule has 2 aromatic rings. The van der Waals surface area contributed by atoms with Crippen LogP contribution in [0.2, 0.25) is 0 Å². The predicted octanol–water partition coefficient (Wildman–Crippen LogP) is 2.69. The van der Waals surface area contributed by atoms with E-state index in [1.165, 1.54) is 11.8 Å². The summed E-state index contributed by atoms with van der Waals surface area (Å²) in [4.78, 5) is 23.6. The van der Waals surface area contributed by atoms with Crippen molar-refractivity contribution in [2.75, 3.05) is 57.3 Å². The van der Waals surface area contributed by atoms with Gasteiger partial charge in [-0.15, -0.1) is 0 Å². The number of benzene rings is 1. The SMILES string of the molecule is O=C(c1coc(CN2CCN(C/C=C/c3ccccc3)CC2)n1)N1CCSCC1. The van der Waals surface area contributed by atoms with Crippen LogP contribution in [0.1, 0.15) is 21.9 Å². The molecule has 4 rings (SSSR count). The van der Waals surface area contributed by atoms with Crippen LogP contribution in [0.25, 0.3) is 6.08 Å². The van der Waals surface area contributed by atoms with Gasteiger partial charge in [0.1, 0.15) is 6.26 Å². The first-order valence-corrected chi connectivity index (χ1v) is 11.4. The van der Waals surface area contributed by atoms with E-state index < -0.39 is 0 Å². The minimum atomic E-state index is -0.00433. The number of carbonyl (C=O) groups is 1. The molecular formula is C22H28N4O2S. The van der Waals surface area contributed by atoms with Crippen molar-refractivity contribution in [3.63, 3.8) is 0 Å². The minimum Gasteiger partial charge on any atom is -0.447 e. The summed E-state index contributed by atoms with van der Waals surface area (Å²) in [7, 11) is 0. The van der Waals surface area contributed by atoms with E-state index in [1.54, 1.807) is 0 Å². The molecule has 2 aliphatic rings. The molecule has 0 bridgehead atoms. The fourth-order valence-corrected chi connectivity index (χ4v) is 4.54. The molecule has 29 heavy (non-hydrogen) atoms. The summed E-state index contributed by atoms with van der Waals surface area (Å²) in [6, 6.07) is 10.4. The van der Waals surface area contributed by atoms with Gasteiger partial charge in [0.25, 0.3) is 5.91 Å². The molecule has 1 amide bonds. The maximum atomic E-state index is 12.5. The molecule has 2 saturated heterocycles. The third-order valence-electron chi connectivity index (χ3n) is 5.37. The van der Waals surface area contributed by atoms with Crippen molar-refractivity contribution < 1.29 is 9.21 Å². The van der Waals surface area contributed by atoms with Gasteiger partial charge in [0, 0.05) is 57.3 Å². The lowest BCUT2D eigenvalue weighted by Crippen LogP contribution is -2.45. The highest BCUT2D eigenvalue weighted by Gasteiger charge is 2.23. The first-order chi connectivity index (χ1) is 14.3. The maximum Gasteiger partial charge on any atom is 0.275 e. The molecule has 154 valence electrons. The van der Waals surface area contributed by atoms with E-state index in [1.807, 2.05) is 22.7 Å². The molecule has 1 aromatic carbocycles. The second-order valence-corrected chi connectivity index (χ2v) is 8.65. The van der Waals surface area contributed by atoms with Gasteiger partial charge in [-0.3, -0.25) is 14.6 Å². The van der Waals surface area contributed by atoms with Gasteiger partial charge in [-0.25, -0.2) is 4.98 Å². The van der Waals surface area contributed by atoms with Gasteiger partial charge in [-0.2, -0.15) is 11.8 Å². The number of thioether (sulfide) groups is 1. The molecule has 0 radical (unpaired) electrons. The monoisotopic (exact) mass is 412 g/mol. The van der Waals surface area contributed by atoms with E-state index in [-0.39, 0.29) is 5.91 Å². The fourth-order valence-electron chi connectivity index (χ4n) is 3.63. The number of nitrogens with zero attached hydrogens (tertiary/aromatic N) is 4. The number of piperazine rings is 1. The van der Waals surface area contributed by atoms with Gasteiger partial charge in [-0.1, -0.05) is 42.5 Å². The van der Waals surface area contributed by atoms with Crippen LogP contribution in [0.4, 0.5) is 0 Å². The molecular weight excluding hydrogens is 384 g/mol. The summed E-state index contributed by atoms with van der Waals surface area (Å²) in [5.41, 5.74) is 1.68. The Morgan fingerprint density at radius 1 is 1.03 bits per heavy atom. The summed E-state index contributed by atoms with van der Waals surface area (Å²) >= 11 is 1.89. The molecule has 6 nitrogen and oxygen atoms in total. The summed E-state index contributed by atoms with van der Waals surface area (Å²) in [5.74, 6) is 2.63. The quantitative estimate of drug-likeness (QED) is 0.727. The molecule has 1 aromatic heterocycles. The zero-order valence-corrected chi connectivity index (χ0v) is 17.5. The molecule has 0 N–H and O–H groups in total. The van der Waals surface area contributed by atoms with Crippen LogP contribution in [-0.4, -0.2) is 82.9 Å². The van der Waals surface area contributed by atoms with E-state index in [9.17, 15) is 4.79 Å². The summed E-state index contributed by atoms with van der Waals surface area (Å²) in [6.07, 6.45) is 5.93. The summed E-state index contributed by atoms with van der Waals surface area (Å²) < 4.78 is 5.59. The van der Waals surface area contributed by atoms with Gasteiger partial charge < -0.3 is 9.32 Å². The van der Waals surface area contributed by atoms with Crippen LogP contribution in [0, 0.1) is 0 Å². The molecule has 0 saturated carbocycles. The number of aromatic nitrogens is 1. The average Bonchev–Trinajstić information content (AvgIpc) is 3.24. The van der Waals surface area contributed by atoms with Gasteiger partial charge in [0.2, 0.25) is 5.89 Å². The summed E-state index contributed by atoms with van der Waals surface area (Å²) in [6.45, 7) is 7.24. The zero-order chi connectivity index (χ0) is 19.9. The van der Waals surface area contributed by atoms with Crippen LogP contribution in [-0.2, 0) is 6.54 Å². The number of oxazole rings is 1. The Hall–Kier alpha value is -2.09. The first-order valence-electron chi connectivity index (χ1n) is 10.3. The van der Waals surface area contributed by atoms with E-state index in [2.05, 4.69) is 51.2 Å². The van der Waals surface area contributed by atoms with Crippen molar-refractivity contribution in [2.45, 2.75) is 6.54 Å². The number of hydrogen-bond acceptors (Lipinski definition) is 6. The van der Waals surface area contributed by atoms with E-state index in [0.29, 0.717) is 18.1 Å². The Kier molecular flexibility index (Phi) is 7.03. The standard InChI is InChI=1S/C22H28N4O2S/c27-22(26-13-15-29-16-14-26)20-18-28-21(23-20)17-25-11-9-24(10-12-25)8-4-7-19-5-2-1-3-6-19/h1-7,18H,8-17H2/b7-4+. The number of amides is 1. The van der Waals surface area contributed by atoms with Gasteiger partial charge >= 0.3 is 0 Å². The molecule has 2 fully saturated rings. The minimum absolute atomic E-state index is 0.00433. The fraction of sp³-hybridized carbons (Fsp3) is 0.455. The van der Waals surface area contributed by atoms with Crippen molar-refractivity contribution >= 4 is 23.7 Å². The first kappa shape index (κ1) is 20.2. The van der Waals surface area contributed by atoms with Crippen LogP contribution in [0.3, 0.4) is 0 Å². The topological polar surface area (TPSA) is 52.8 Å². The second-order valence-electron chi connectivity index (χ2n) is 7.42. The lowest BCUT2D eigenvalue weighted by atomic mass is 10.2. The van der Waals surface area contributed by atoms with E-state index >= 15 is 0 Å². The Labute approximate surface area is 176 Å². The van der Waals surface area contributed by atoms with Crippen molar-refractivity contribution in [1.29, 1.82) is 0 Å². The highest BCUT2D eigenvalue weighted by molar-refractivity contribution is 7.99.